The topological polar surface area (TPSA) is 61.9 Å². The number of likely N-dealkylation sites (N-methyl/N-ethyl adjacent to an activating group) is 1. The minimum absolute atomic E-state index is 0.00192. The van der Waals surface area contributed by atoms with E-state index in [4.69, 9.17) is 16.4 Å². The lowest BCUT2D eigenvalue weighted by molar-refractivity contribution is -0.138. The van der Waals surface area contributed by atoms with Crippen LogP contribution in [0.3, 0.4) is 0 Å². The van der Waals surface area contributed by atoms with Crippen LogP contribution in [0.5, 0.6) is 0 Å². The predicted octanol–water partition coefficient (Wildman–Crippen LogP) is 4.57. The standard InChI is InChI=1S/C28H28ClN3O3/c1-31-16-15-22(17-31)32-26(20-11-13-21(29)14-12-20)25(23-9-5-6-10-24(23)28(32)34)27(33)30-35-18-19-7-3-2-4-8-19/h2-14,22,25-26H,15-18H2,1H3,(H,30,33)/t22-,25-,26+/m1/s1. The monoisotopic (exact) mass is 489 g/mol. The first-order valence-corrected chi connectivity index (χ1v) is 12.2. The van der Waals surface area contributed by atoms with Crippen LogP contribution in [-0.2, 0) is 16.2 Å². The number of rotatable bonds is 6. The molecule has 2 aliphatic heterocycles. The lowest BCUT2D eigenvalue weighted by Gasteiger charge is -2.44. The first-order chi connectivity index (χ1) is 17.0. The van der Waals surface area contributed by atoms with E-state index in [0.29, 0.717) is 16.1 Å². The normalized spacial score (nSPS) is 22.2. The Morgan fingerprint density at radius 1 is 1.03 bits per heavy atom. The minimum atomic E-state index is -0.633. The quantitative estimate of drug-likeness (QED) is 0.515. The van der Waals surface area contributed by atoms with Gasteiger partial charge in [-0.15, -0.1) is 0 Å². The van der Waals surface area contributed by atoms with Gasteiger partial charge >= 0.3 is 0 Å². The molecule has 0 aromatic heterocycles. The number of halogens is 1. The summed E-state index contributed by atoms with van der Waals surface area (Å²) in [6, 6.07) is 24.0. The van der Waals surface area contributed by atoms with E-state index in [0.717, 1.165) is 30.6 Å². The summed E-state index contributed by atoms with van der Waals surface area (Å²) in [6.07, 6.45) is 0.855. The van der Waals surface area contributed by atoms with Crippen LogP contribution >= 0.6 is 11.6 Å². The van der Waals surface area contributed by atoms with E-state index >= 15 is 0 Å². The van der Waals surface area contributed by atoms with Crippen LogP contribution in [0, 0.1) is 0 Å². The molecule has 0 unspecified atom stereocenters. The van der Waals surface area contributed by atoms with Crippen LogP contribution in [0.25, 0.3) is 0 Å². The number of carbonyl (C=O) groups excluding carboxylic acids is 2. The first-order valence-electron chi connectivity index (χ1n) is 11.8. The summed E-state index contributed by atoms with van der Waals surface area (Å²) < 4.78 is 0. The zero-order chi connectivity index (χ0) is 24.4. The molecular weight excluding hydrogens is 462 g/mol. The van der Waals surface area contributed by atoms with Gasteiger partial charge < -0.3 is 9.80 Å². The molecule has 3 atom stereocenters. The average Bonchev–Trinajstić information content (AvgIpc) is 3.30. The van der Waals surface area contributed by atoms with Gasteiger partial charge in [0.1, 0.15) is 0 Å². The van der Waals surface area contributed by atoms with Gasteiger partial charge in [0.2, 0.25) is 0 Å². The van der Waals surface area contributed by atoms with Crippen molar-refractivity contribution in [2.24, 2.45) is 0 Å². The van der Waals surface area contributed by atoms with Gasteiger partial charge in [-0.25, -0.2) is 5.48 Å². The van der Waals surface area contributed by atoms with Crippen molar-refractivity contribution in [3.8, 4) is 0 Å². The maximum absolute atomic E-state index is 13.8. The second-order valence-corrected chi connectivity index (χ2v) is 9.66. The summed E-state index contributed by atoms with van der Waals surface area (Å²) in [4.78, 5) is 37.3. The molecular formula is C28H28ClN3O3. The number of nitrogens with one attached hydrogen (secondary N) is 1. The molecule has 3 aromatic rings. The minimum Gasteiger partial charge on any atom is -0.326 e. The Morgan fingerprint density at radius 2 is 1.74 bits per heavy atom. The van der Waals surface area contributed by atoms with Gasteiger partial charge in [-0.3, -0.25) is 14.4 Å². The molecule has 35 heavy (non-hydrogen) atoms. The lowest BCUT2D eigenvalue weighted by atomic mass is 9.78. The van der Waals surface area contributed by atoms with Crippen LogP contribution in [0.4, 0.5) is 0 Å². The number of likely N-dealkylation sites (tertiary alicyclic amines) is 1. The maximum Gasteiger partial charge on any atom is 0.255 e. The van der Waals surface area contributed by atoms with Crippen molar-refractivity contribution in [1.29, 1.82) is 0 Å². The summed E-state index contributed by atoms with van der Waals surface area (Å²) in [5.74, 6) is -0.959. The third-order valence-electron chi connectivity index (χ3n) is 6.88. The highest BCUT2D eigenvalue weighted by Crippen LogP contribution is 2.45. The summed E-state index contributed by atoms with van der Waals surface area (Å²) in [6.45, 7) is 1.92. The summed E-state index contributed by atoms with van der Waals surface area (Å²) >= 11 is 6.18. The van der Waals surface area contributed by atoms with Gasteiger partial charge in [-0.05, 0) is 54.9 Å². The van der Waals surface area contributed by atoms with Gasteiger partial charge in [0.25, 0.3) is 11.8 Å². The molecule has 1 fully saturated rings. The van der Waals surface area contributed by atoms with Crippen molar-refractivity contribution in [3.63, 3.8) is 0 Å². The Bertz CT molecular complexity index is 1200. The molecule has 0 radical (unpaired) electrons. The molecule has 2 aliphatic rings. The molecule has 180 valence electrons. The molecule has 1 saturated heterocycles. The number of carbonyl (C=O) groups is 2. The van der Waals surface area contributed by atoms with Crippen LogP contribution in [-0.4, -0.2) is 47.8 Å². The number of fused-ring (bicyclic) bond motifs is 1. The van der Waals surface area contributed by atoms with Gasteiger partial charge in [-0.2, -0.15) is 0 Å². The van der Waals surface area contributed by atoms with Crippen molar-refractivity contribution < 1.29 is 14.4 Å². The Labute approximate surface area is 210 Å². The number of amides is 2. The van der Waals surface area contributed by atoms with Crippen LogP contribution in [0.2, 0.25) is 5.02 Å². The predicted molar refractivity (Wildman–Crippen MR) is 135 cm³/mol. The number of hydrogen-bond acceptors (Lipinski definition) is 4. The fourth-order valence-electron chi connectivity index (χ4n) is 5.22. The molecule has 0 bridgehead atoms. The first kappa shape index (κ1) is 23.5. The number of hydrogen-bond donors (Lipinski definition) is 1. The highest BCUT2D eigenvalue weighted by Gasteiger charge is 2.47. The van der Waals surface area contributed by atoms with Crippen LogP contribution in [0.1, 0.15) is 45.4 Å². The van der Waals surface area contributed by atoms with Gasteiger partial charge in [0.15, 0.2) is 0 Å². The molecule has 7 heteroatoms. The SMILES string of the molecule is CN1CC[C@@H](N2C(=O)c3ccccc3[C@@H](C(=O)NOCc3ccccc3)[C@@H]2c2ccc(Cl)cc2)C1. The van der Waals surface area contributed by atoms with Gasteiger partial charge in [0.05, 0.1) is 18.6 Å². The molecule has 2 amide bonds. The largest absolute Gasteiger partial charge is 0.326 e. The molecule has 3 aromatic carbocycles. The van der Waals surface area contributed by atoms with Crippen molar-refractivity contribution >= 4 is 23.4 Å². The fourth-order valence-corrected chi connectivity index (χ4v) is 5.34. The Morgan fingerprint density at radius 3 is 2.46 bits per heavy atom. The van der Waals surface area contributed by atoms with Crippen molar-refractivity contribution in [2.45, 2.75) is 31.0 Å². The van der Waals surface area contributed by atoms with E-state index < -0.39 is 12.0 Å². The number of benzene rings is 3. The van der Waals surface area contributed by atoms with E-state index in [1.165, 1.54) is 0 Å². The summed E-state index contributed by atoms with van der Waals surface area (Å²) in [5, 5.41) is 0.607. The molecule has 2 heterocycles. The smallest absolute Gasteiger partial charge is 0.255 e. The zero-order valence-electron chi connectivity index (χ0n) is 19.6. The second-order valence-electron chi connectivity index (χ2n) is 9.22. The van der Waals surface area contributed by atoms with Crippen LogP contribution < -0.4 is 5.48 Å². The van der Waals surface area contributed by atoms with E-state index in [9.17, 15) is 9.59 Å². The fraction of sp³-hybridized carbons (Fsp3) is 0.286. The average molecular weight is 490 g/mol. The highest BCUT2D eigenvalue weighted by atomic mass is 35.5. The Hall–Kier alpha value is -3.19. The highest BCUT2D eigenvalue weighted by molar-refractivity contribution is 6.30. The number of hydroxylamine groups is 1. The zero-order valence-corrected chi connectivity index (χ0v) is 20.3. The lowest BCUT2D eigenvalue weighted by Crippen LogP contribution is -2.52. The van der Waals surface area contributed by atoms with Crippen molar-refractivity contribution in [2.75, 3.05) is 20.1 Å². The molecule has 0 saturated carbocycles. The second kappa shape index (κ2) is 10.2. The molecule has 6 nitrogen and oxygen atoms in total. The Kier molecular flexibility index (Phi) is 6.86. The number of nitrogens with zero attached hydrogens (tertiary/aromatic N) is 2. The third kappa shape index (κ3) is 4.82. The van der Waals surface area contributed by atoms with Gasteiger partial charge in [-0.1, -0.05) is 72.3 Å². The van der Waals surface area contributed by atoms with E-state index in [2.05, 4.69) is 17.4 Å². The maximum atomic E-state index is 13.8. The van der Waals surface area contributed by atoms with E-state index in [1.807, 2.05) is 83.8 Å². The Balaban J connectivity index is 1.52. The summed E-state index contributed by atoms with van der Waals surface area (Å²) in [7, 11) is 2.06. The van der Waals surface area contributed by atoms with Crippen molar-refractivity contribution in [3.05, 3.63) is 106 Å². The third-order valence-corrected chi connectivity index (χ3v) is 7.14. The van der Waals surface area contributed by atoms with Crippen molar-refractivity contribution in [1.82, 2.24) is 15.3 Å². The van der Waals surface area contributed by atoms with E-state index in [-0.39, 0.29) is 24.5 Å². The molecule has 0 spiro atoms. The van der Waals surface area contributed by atoms with E-state index in [1.54, 1.807) is 0 Å². The molecule has 0 aliphatic carbocycles. The molecule has 5 rings (SSSR count). The summed E-state index contributed by atoms with van der Waals surface area (Å²) in [5.41, 5.74) is 5.77. The van der Waals surface area contributed by atoms with Gasteiger partial charge in [0, 0.05) is 23.2 Å². The molecule has 1 N–H and O–H groups in total. The van der Waals surface area contributed by atoms with Crippen LogP contribution in [0.15, 0.2) is 78.9 Å².